The number of aliphatic hydroxyl groups excluding tert-OH is 1. The van der Waals surface area contributed by atoms with E-state index in [9.17, 15) is 30.0 Å². The summed E-state index contributed by atoms with van der Waals surface area (Å²) >= 11 is 1.82. The number of sulfonamides is 3. The number of nitrogens with one attached hydrogen (secondary N) is 4. The van der Waals surface area contributed by atoms with E-state index in [1.165, 1.54) is 12.9 Å². The zero-order valence-electron chi connectivity index (χ0n) is 51.9. The van der Waals surface area contributed by atoms with Crippen LogP contribution in [-0.2, 0) is 39.6 Å². The third-order valence-electron chi connectivity index (χ3n) is 16.4. The number of rotatable bonds is 23. The summed E-state index contributed by atoms with van der Waals surface area (Å²) in [6.45, 7) is 9.96. The molecule has 5 N–H and O–H groups in total. The van der Waals surface area contributed by atoms with E-state index in [0.29, 0.717) is 33.3 Å². The molecule has 0 fully saturated rings. The Morgan fingerprint density at radius 1 is 0.523 bits per heavy atom. The second kappa shape index (κ2) is 31.4. The molecule has 4 aliphatic heterocycles. The van der Waals surface area contributed by atoms with Gasteiger partial charge in [-0.1, -0.05) is 117 Å². The van der Waals surface area contributed by atoms with Crippen molar-refractivity contribution in [1.29, 1.82) is 0 Å². The molecule has 0 spiro atoms. The van der Waals surface area contributed by atoms with Crippen LogP contribution in [0.4, 0.5) is 17.1 Å². The van der Waals surface area contributed by atoms with E-state index in [1.54, 1.807) is 39.3 Å². The van der Waals surface area contributed by atoms with Gasteiger partial charge >= 0.3 is 0 Å². The molecule has 4 aliphatic rings. The molecule has 21 heteroatoms. The first-order valence-corrected chi connectivity index (χ1v) is 36.3. The molecule has 0 aromatic heterocycles. The molecular formula is C67H88N8O9S4. The molecule has 17 nitrogen and oxygen atoms in total. The third-order valence-corrected chi connectivity index (χ3v) is 22.6. The number of fused-ring (bicyclic) bond motifs is 6. The van der Waals surface area contributed by atoms with Crippen LogP contribution < -0.4 is 34.2 Å². The zero-order valence-corrected chi connectivity index (χ0v) is 55.2. The van der Waals surface area contributed by atoms with Crippen LogP contribution >= 0.6 is 11.8 Å². The van der Waals surface area contributed by atoms with Crippen molar-refractivity contribution in [3.8, 4) is 0 Å². The Morgan fingerprint density at radius 2 is 0.909 bits per heavy atom. The van der Waals surface area contributed by atoms with Crippen molar-refractivity contribution in [3.05, 3.63) is 177 Å². The van der Waals surface area contributed by atoms with E-state index in [-0.39, 0.29) is 30.6 Å². The number of hydrogen-bond donors (Lipinski definition) is 5. The molecule has 1 amide bonds. The lowest BCUT2D eigenvalue weighted by atomic mass is 9.96. The highest BCUT2D eigenvalue weighted by Gasteiger charge is 2.38. The molecule has 0 saturated heterocycles. The number of aryl methyl sites for hydroxylation is 3. The number of hydrogen-bond acceptors (Lipinski definition) is 14. The summed E-state index contributed by atoms with van der Waals surface area (Å²) < 4.78 is 89.2. The van der Waals surface area contributed by atoms with Crippen LogP contribution in [0.5, 0.6) is 0 Å². The maximum Gasteiger partial charge on any atom is 0.264 e. The molecular weight excluding hydrogens is 1190 g/mol. The van der Waals surface area contributed by atoms with Gasteiger partial charge in [-0.05, 0) is 171 Å². The minimum absolute atomic E-state index is 0.0236. The average molecular weight is 1280 g/mol. The lowest BCUT2D eigenvalue weighted by Gasteiger charge is -2.22. The monoisotopic (exact) mass is 1280 g/mol. The number of thioether (sulfide) groups is 1. The highest BCUT2D eigenvalue weighted by molar-refractivity contribution is 7.98. The molecule has 474 valence electrons. The number of nitrogens with zero attached hydrogens (tertiary/aromatic N) is 4. The van der Waals surface area contributed by atoms with Gasteiger partial charge in [0.1, 0.15) is 6.61 Å². The van der Waals surface area contributed by atoms with Gasteiger partial charge in [0.15, 0.2) is 5.90 Å². The van der Waals surface area contributed by atoms with Crippen molar-refractivity contribution in [2.24, 2.45) is 4.99 Å². The summed E-state index contributed by atoms with van der Waals surface area (Å²) in [4.78, 5) is 17.1. The van der Waals surface area contributed by atoms with Crippen molar-refractivity contribution in [1.82, 2.24) is 21.3 Å². The van der Waals surface area contributed by atoms with Crippen LogP contribution in [0.15, 0.2) is 147 Å². The molecule has 6 aromatic carbocycles. The lowest BCUT2D eigenvalue weighted by Crippen LogP contribution is -2.26. The van der Waals surface area contributed by atoms with Crippen molar-refractivity contribution in [2.75, 3.05) is 92.0 Å². The number of unbranched alkanes of at least 4 members (excludes halogenated alkanes) is 6. The molecule has 6 aromatic rings. The number of aliphatic hydroxyl groups is 1. The number of benzene rings is 6. The third kappa shape index (κ3) is 16.2. The molecule has 88 heavy (non-hydrogen) atoms. The molecule has 0 saturated carbocycles. The van der Waals surface area contributed by atoms with E-state index in [0.717, 1.165) is 170 Å². The van der Waals surface area contributed by atoms with Crippen molar-refractivity contribution in [2.45, 2.75) is 124 Å². The topological polar surface area (TPSA) is 219 Å². The second-order valence-corrected chi connectivity index (χ2v) is 29.6. The predicted molar refractivity (Wildman–Crippen MR) is 357 cm³/mol. The van der Waals surface area contributed by atoms with Gasteiger partial charge in [0.25, 0.3) is 30.1 Å². The van der Waals surface area contributed by atoms with Gasteiger partial charge in [0, 0.05) is 40.5 Å². The van der Waals surface area contributed by atoms with Crippen LogP contribution in [-0.4, -0.2) is 121 Å². The zero-order chi connectivity index (χ0) is 63.0. The minimum Gasteiger partial charge on any atom is -0.479 e. The summed E-state index contributed by atoms with van der Waals surface area (Å²) in [6.07, 6.45) is 12.6. The smallest absolute Gasteiger partial charge is 0.264 e. The van der Waals surface area contributed by atoms with Crippen LogP contribution in [0.2, 0.25) is 0 Å². The number of anilines is 3. The largest absolute Gasteiger partial charge is 0.479 e. The maximum atomic E-state index is 13.3. The lowest BCUT2D eigenvalue weighted by molar-refractivity contribution is -0.121. The number of carbonyl (C=O) groups is 1. The van der Waals surface area contributed by atoms with Crippen LogP contribution in [0.25, 0.3) is 0 Å². The molecule has 10 rings (SSSR count). The second-order valence-electron chi connectivity index (χ2n) is 22.8. The summed E-state index contributed by atoms with van der Waals surface area (Å²) in [6, 6.07) is 39.7. The molecule has 0 bridgehead atoms. The van der Waals surface area contributed by atoms with Crippen LogP contribution in [0, 0.1) is 20.8 Å². The Kier molecular flexibility index (Phi) is 24.2. The van der Waals surface area contributed by atoms with Gasteiger partial charge in [0.05, 0.1) is 63.0 Å². The van der Waals surface area contributed by atoms with Crippen molar-refractivity contribution >= 4 is 70.7 Å². The van der Waals surface area contributed by atoms with E-state index in [2.05, 4.69) is 32.5 Å². The first kappa shape index (κ1) is 67.6. The van der Waals surface area contributed by atoms with E-state index >= 15 is 0 Å². The normalized spacial score (nSPS) is 18.1. The first-order valence-electron chi connectivity index (χ1n) is 30.6. The van der Waals surface area contributed by atoms with E-state index in [1.807, 2.05) is 142 Å². The van der Waals surface area contributed by atoms with Gasteiger partial charge in [-0.25, -0.2) is 25.3 Å². The summed E-state index contributed by atoms with van der Waals surface area (Å²) in [7, 11) is -5.94. The number of para-hydroxylation sites is 3. The fourth-order valence-corrected chi connectivity index (χ4v) is 16.7. The predicted octanol–water partition coefficient (Wildman–Crippen LogP) is 10.6. The number of ether oxygens (including phenoxy) is 1. The van der Waals surface area contributed by atoms with E-state index < -0.39 is 30.1 Å². The fraction of sp³-hybridized carbons (Fsp3) is 0.433. The van der Waals surface area contributed by atoms with Crippen LogP contribution in [0.3, 0.4) is 0 Å². The highest BCUT2D eigenvalue weighted by Crippen LogP contribution is 2.43. The van der Waals surface area contributed by atoms with Gasteiger partial charge in [-0.2, -0.15) is 11.8 Å². The first-order chi connectivity index (χ1) is 42.3. The molecule has 4 heterocycles. The van der Waals surface area contributed by atoms with Crippen LogP contribution in [0.1, 0.15) is 139 Å². The standard InChI is InChI=1S/C24H33N3O4S.C24H31N3O3S.C19H24N2O2S2/c1-18-12-13-20-22(17-18)32(30,31)27(2)21-10-7-6-9-19(21)24(20)26-14-8-4-3-5-11-23(29)25-15-16-28;1-18-12-13-20-22(17-18)31(28,29)27(2)21-10-7-6-9-19(21)24(20)26-14-8-4-3-5-11-23-25-15-16-30-23;1-14-9-10-16-18(13-14)25(22,23)21(2)17-8-5-4-7-15(17)19(16)20-11-6-12-24-3/h6-7,9-10,12-13,17,24,26,28H,3-5,8,11,14-16H2,1-2H3,(H,25,29);6-7,9-10,12-13,17,24,26H,3-5,8,11,14-16H2,1-2H3;4-5,7-10,13,19-20H,6,11-12H2,1-3H3. The van der Waals surface area contributed by atoms with Gasteiger partial charge in [-0.15, -0.1) is 0 Å². The highest BCUT2D eigenvalue weighted by atomic mass is 32.2. The van der Waals surface area contributed by atoms with Crippen molar-refractivity contribution in [3.63, 3.8) is 0 Å². The quantitative estimate of drug-likeness (QED) is 0.0378. The number of aliphatic imine (C=N–C) groups is 1. The molecule has 0 radical (unpaired) electrons. The van der Waals surface area contributed by atoms with E-state index in [4.69, 9.17) is 9.84 Å². The summed E-state index contributed by atoms with van der Waals surface area (Å²) in [5, 5.41) is 22.2. The molecule has 0 aliphatic carbocycles. The fourth-order valence-electron chi connectivity index (χ4n) is 11.6. The van der Waals surface area contributed by atoms with Crippen molar-refractivity contribution < 1.29 is 39.9 Å². The number of carbonyl (C=O) groups excluding carboxylic acids is 1. The van der Waals surface area contributed by atoms with Gasteiger partial charge in [0.2, 0.25) is 5.91 Å². The molecule has 3 atom stereocenters. The Bertz CT molecular complexity index is 3730. The minimum atomic E-state index is -3.64. The Morgan fingerprint density at radius 3 is 1.30 bits per heavy atom. The summed E-state index contributed by atoms with van der Waals surface area (Å²) in [5.41, 5.74) is 10.3. The Hall–Kier alpha value is -6.30. The maximum absolute atomic E-state index is 13.3. The SMILES string of the molecule is CSCCCNC1c2ccccc2N(C)S(=O)(=O)c2cc(C)ccc21.Cc1ccc2c(c1)S(=O)(=O)N(C)c1ccccc1C2NCCCCCCC(=O)NCCO.Cc1ccc2c(c1)S(=O)(=O)N(C)c1ccccc1C2NCCCCCCC1=NCCO1. The average Bonchev–Trinajstić information content (AvgIpc) is 1.66. The number of amides is 1. The Labute approximate surface area is 527 Å². The summed E-state index contributed by atoms with van der Waals surface area (Å²) in [5.74, 6) is 1.97. The van der Waals surface area contributed by atoms with Gasteiger partial charge < -0.3 is 31.1 Å². The van der Waals surface area contributed by atoms with Gasteiger partial charge in [-0.3, -0.25) is 22.7 Å². The molecule has 3 unspecified atom stereocenters. The Balaban J connectivity index is 0.000000172.